The Labute approximate surface area is 236 Å². The third-order valence-corrected chi connectivity index (χ3v) is 6.35. The summed E-state index contributed by atoms with van der Waals surface area (Å²) < 4.78 is 39.1. The van der Waals surface area contributed by atoms with Crippen LogP contribution in [0.1, 0.15) is 31.0 Å². The highest BCUT2D eigenvalue weighted by Crippen LogP contribution is 2.38. The molecule has 0 aliphatic carbocycles. The van der Waals surface area contributed by atoms with Gasteiger partial charge in [-0.3, -0.25) is 9.69 Å². The fourth-order valence-electron chi connectivity index (χ4n) is 4.37. The molecule has 1 atom stereocenters. The molecule has 0 fully saturated rings. The maximum absolute atomic E-state index is 14.2. The van der Waals surface area contributed by atoms with Crippen molar-refractivity contribution in [3.8, 4) is 17.2 Å². The van der Waals surface area contributed by atoms with Crippen LogP contribution in [0.15, 0.2) is 67.0 Å². The minimum absolute atomic E-state index is 0.201. The number of aromatic nitrogens is 2. The molecule has 1 unspecified atom stereocenters. The van der Waals surface area contributed by atoms with Gasteiger partial charge in [0.2, 0.25) is 11.7 Å². The summed E-state index contributed by atoms with van der Waals surface area (Å²) in [5, 5.41) is 14.9. The van der Waals surface area contributed by atoms with Crippen LogP contribution < -0.4 is 20.5 Å². The van der Waals surface area contributed by atoms with Gasteiger partial charge in [0.25, 0.3) is 0 Å². The van der Waals surface area contributed by atoms with E-state index in [1.807, 2.05) is 25.1 Å². The summed E-state index contributed by atoms with van der Waals surface area (Å²) in [6.07, 6.45) is 4.37. The lowest BCUT2D eigenvalue weighted by atomic mass is 9.96. The zero-order chi connectivity index (χ0) is 29.9. The lowest BCUT2D eigenvalue weighted by molar-refractivity contribution is -0.113. The summed E-state index contributed by atoms with van der Waals surface area (Å²) in [5.41, 5.74) is 6.23. The molecule has 4 aromatic rings. The van der Waals surface area contributed by atoms with Gasteiger partial charge in [-0.1, -0.05) is 12.1 Å². The number of carbonyl (C=O) groups excluding carboxylic acids is 1. The van der Waals surface area contributed by atoms with Gasteiger partial charge < -0.3 is 25.6 Å². The molecule has 0 spiro atoms. The monoisotopic (exact) mass is 563 g/mol. The van der Waals surface area contributed by atoms with Crippen molar-refractivity contribution in [2.75, 3.05) is 26.5 Å². The van der Waals surface area contributed by atoms with Crippen LogP contribution in [0.5, 0.6) is 17.2 Å². The Kier molecular flexibility index (Phi) is 8.50. The standard InChI is InChI=1S/C30H31F2N5O4/c1-30(2,39)20-13-17(41-25-8-6-7-21(31)28(25)32)9-10-22(20)36-29-18-14-19(24(37(3)4)11-12-27(33)38)26(40-5)15-23(18)34-16-35-29/h6-16,24,39H,1-5H3,(H2,33,38)(H,34,35,36). The van der Waals surface area contributed by atoms with Crippen LogP contribution in [0.25, 0.3) is 10.9 Å². The Morgan fingerprint density at radius 1 is 1.12 bits per heavy atom. The molecule has 0 aliphatic heterocycles. The molecule has 0 aliphatic rings. The predicted octanol–water partition coefficient (Wildman–Crippen LogP) is 5.32. The summed E-state index contributed by atoms with van der Waals surface area (Å²) in [6, 6.07) is 11.7. The third-order valence-electron chi connectivity index (χ3n) is 6.35. The van der Waals surface area contributed by atoms with Crippen molar-refractivity contribution >= 4 is 28.3 Å². The quantitative estimate of drug-likeness (QED) is 0.222. The number of anilines is 2. The molecule has 1 aromatic heterocycles. The number of primary amides is 1. The number of ether oxygens (including phenoxy) is 2. The lowest BCUT2D eigenvalue weighted by Gasteiger charge is -2.25. The van der Waals surface area contributed by atoms with E-state index in [1.54, 1.807) is 51.3 Å². The highest BCUT2D eigenvalue weighted by atomic mass is 19.2. The molecular weight excluding hydrogens is 532 g/mol. The number of fused-ring (bicyclic) bond motifs is 1. The first-order valence-corrected chi connectivity index (χ1v) is 12.6. The maximum atomic E-state index is 14.2. The number of carbonyl (C=O) groups is 1. The second kappa shape index (κ2) is 11.9. The fourth-order valence-corrected chi connectivity index (χ4v) is 4.37. The van der Waals surface area contributed by atoms with Gasteiger partial charge in [0, 0.05) is 34.3 Å². The number of amides is 1. The maximum Gasteiger partial charge on any atom is 0.241 e. The normalized spacial score (nSPS) is 12.6. The third kappa shape index (κ3) is 6.59. The number of halogens is 2. The van der Waals surface area contributed by atoms with Gasteiger partial charge in [-0.05, 0) is 64.3 Å². The number of likely N-dealkylation sites (N-methyl/N-ethyl adjacent to an activating group) is 1. The smallest absolute Gasteiger partial charge is 0.241 e. The SMILES string of the molecule is COc1cc2ncnc(Nc3ccc(Oc4cccc(F)c4F)cc3C(C)(C)O)c2cc1C(C=CC(N)=O)N(C)C. The second-order valence-electron chi connectivity index (χ2n) is 10.0. The molecule has 214 valence electrons. The van der Waals surface area contributed by atoms with Crippen LogP contribution in [0.4, 0.5) is 20.3 Å². The summed E-state index contributed by atoms with van der Waals surface area (Å²) in [5.74, 6) is -1.81. The van der Waals surface area contributed by atoms with Crippen molar-refractivity contribution in [3.63, 3.8) is 0 Å². The number of aliphatic hydroxyl groups is 1. The highest BCUT2D eigenvalue weighted by molar-refractivity contribution is 5.93. The number of benzene rings is 3. The van der Waals surface area contributed by atoms with E-state index in [1.165, 1.54) is 24.5 Å². The van der Waals surface area contributed by atoms with Crippen LogP contribution in [-0.2, 0) is 10.4 Å². The number of nitrogens with one attached hydrogen (secondary N) is 1. The molecular formula is C30H31F2N5O4. The zero-order valence-electron chi connectivity index (χ0n) is 23.3. The number of hydrogen-bond acceptors (Lipinski definition) is 8. The van der Waals surface area contributed by atoms with Crippen molar-refractivity contribution in [1.82, 2.24) is 14.9 Å². The Bertz CT molecular complexity index is 1620. The van der Waals surface area contributed by atoms with Crippen molar-refractivity contribution in [3.05, 3.63) is 89.8 Å². The van der Waals surface area contributed by atoms with Crippen LogP contribution >= 0.6 is 0 Å². The van der Waals surface area contributed by atoms with Gasteiger partial charge in [-0.15, -0.1) is 0 Å². The lowest BCUT2D eigenvalue weighted by Crippen LogP contribution is -2.20. The van der Waals surface area contributed by atoms with Crippen LogP contribution in [0.3, 0.4) is 0 Å². The number of hydrogen-bond donors (Lipinski definition) is 3. The van der Waals surface area contributed by atoms with Crippen LogP contribution in [0, 0.1) is 11.6 Å². The molecule has 4 rings (SSSR count). The van der Waals surface area contributed by atoms with E-state index < -0.39 is 23.1 Å². The van der Waals surface area contributed by atoms with Crippen molar-refractivity contribution < 1.29 is 28.2 Å². The molecule has 0 saturated carbocycles. The fraction of sp³-hybridized carbons (Fsp3) is 0.233. The van der Waals surface area contributed by atoms with E-state index >= 15 is 0 Å². The van der Waals surface area contributed by atoms with Gasteiger partial charge >= 0.3 is 0 Å². The Morgan fingerprint density at radius 3 is 2.54 bits per heavy atom. The van der Waals surface area contributed by atoms with Crippen molar-refractivity contribution in [2.24, 2.45) is 5.73 Å². The zero-order valence-corrected chi connectivity index (χ0v) is 23.3. The summed E-state index contributed by atoms with van der Waals surface area (Å²) in [4.78, 5) is 22.2. The minimum atomic E-state index is -1.35. The predicted molar refractivity (Wildman–Crippen MR) is 152 cm³/mol. The van der Waals surface area contributed by atoms with Gasteiger partial charge in [0.15, 0.2) is 11.6 Å². The molecule has 3 aromatic carbocycles. The molecule has 1 heterocycles. The summed E-state index contributed by atoms with van der Waals surface area (Å²) in [7, 11) is 5.26. The van der Waals surface area contributed by atoms with Gasteiger partial charge in [-0.25, -0.2) is 14.4 Å². The Morgan fingerprint density at radius 2 is 1.88 bits per heavy atom. The average Bonchev–Trinajstić information content (AvgIpc) is 2.91. The molecule has 0 saturated heterocycles. The van der Waals surface area contributed by atoms with Crippen LogP contribution in [-0.4, -0.2) is 47.1 Å². The largest absolute Gasteiger partial charge is 0.496 e. The first-order valence-electron chi connectivity index (χ1n) is 12.6. The Hall–Kier alpha value is -4.61. The number of rotatable bonds is 10. The molecule has 41 heavy (non-hydrogen) atoms. The van der Waals surface area contributed by atoms with Crippen LogP contribution in [0.2, 0.25) is 0 Å². The Balaban J connectivity index is 1.79. The average molecular weight is 564 g/mol. The van der Waals surface area contributed by atoms with Crippen molar-refractivity contribution in [1.29, 1.82) is 0 Å². The van der Waals surface area contributed by atoms with Gasteiger partial charge in [0.05, 0.1) is 24.3 Å². The van der Waals surface area contributed by atoms with Crippen molar-refractivity contribution in [2.45, 2.75) is 25.5 Å². The second-order valence-corrected chi connectivity index (χ2v) is 10.0. The van der Waals surface area contributed by atoms with E-state index in [9.17, 15) is 18.7 Å². The van der Waals surface area contributed by atoms with E-state index in [4.69, 9.17) is 15.2 Å². The van der Waals surface area contributed by atoms with E-state index in [0.717, 1.165) is 11.6 Å². The number of nitrogens with zero attached hydrogens (tertiary/aromatic N) is 3. The first kappa shape index (κ1) is 29.4. The number of methoxy groups -OCH3 is 1. The van der Waals surface area contributed by atoms with Gasteiger partial charge in [-0.2, -0.15) is 4.39 Å². The summed E-state index contributed by atoms with van der Waals surface area (Å²) >= 11 is 0. The molecule has 0 bridgehead atoms. The summed E-state index contributed by atoms with van der Waals surface area (Å²) in [6.45, 7) is 3.18. The van der Waals surface area contributed by atoms with E-state index in [-0.39, 0.29) is 17.5 Å². The van der Waals surface area contributed by atoms with E-state index in [2.05, 4.69) is 15.3 Å². The number of nitrogens with two attached hydrogens (primary N) is 1. The molecule has 11 heteroatoms. The molecule has 4 N–H and O–H groups in total. The molecule has 1 amide bonds. The van der Waals surface area contributed by atoms with E-state index in [0.29, 0.717) is 33.7 Å². The molecule has 0 radical (unpaired) electrons. The first-order chi connectivity index (χ1) is 19.4. The molecule has 9 nitrogen and oxygen atoms in total. The van der Waals surface area contributed by atoms with Gasteiger partial charge in [0.1, 0.15) is 23.6 Å². The highest BCUT2D eigenvalue weighted by Gasteiger charge is 2.24. The minimum Gasteiger partial charge on any atom is -0.496 e. The topological polar surface area (TPSA) is 123 Å².